The molecule has 104 valence electrons. The topological polar surface area (TPSA) is 38.9 Å². The molecule has 0 bridgehead atoms. The van der Waals surface area contributed by atoms with Gasteiger partial charge in [-0.15, -0.1) is 0 Å². The summed E-state index contributed by atoms with van der Waals surface area (Å²) in [6, 6.07) is 15.8. The first kappa shape index (κ1) is 13.6. The minimum absolute atomic E-state index is 0.470. The minimum Gasteiger partial charge on any atom is -0.334 e. The molecule has 4 heteroatoms. The van der Waals surface area contributed by atoms with Gasteiger partial charge in [0.05, 0.1) is 0 Å². The van der Waals surface area contributed by atoms with Gasteiger partial charge in [-0.3, -0.25) is 0 Å². The van der Waals surface area contributed by atoms with Gasteiger partial charge in [-0.25, -0.2) is 0 Å². The van der Waals surface area contributed by atoms with Gasteiger partial charge in [-0.2, -0.15) is 4.98 Å². The summed E-state index contributed by atoms with van der Waals surface area (Å²) in [6.07, 6.45) is 3.40. The van der Waals surface area contributed by atoms with E-state index in [-0.39, 0.29) is 0 Å². The van der Waals surface area contributed by atoms with Crippen molar-refractivity contribution in [3.8, 4) is 0 Å². The zero-order valence-corrected chi connectivity index (χ0v) is 12.2. The maximum absolute atomic E-state index is 6.08. The van der Waals surface area contributed by atoms with E-state index in [9.17, 15) is 0 Å². The van der Waals surface area contributed by atoms with Gasteiger partial charge in [0.2, 0.25) is 0 Å². The molecule has 0 aliphatic carbocycles. The number of aromatic nitrogens is 2. The van der Waals surface area contributed by atoms with Crippen molar-refractivity contribution in [2.24, 2.45) is 0 Å². The molecule has 1 aromatic heterocycles. The van der Waals surface area contributed by atoms with Crippen LogP contribution >= 0.6 is 11.6 Å². The van der Waals surface area contributed by atoms with Gasteiger partial charge in [-0.05, 0) is 36.3 Å². The van der Waals surface area contributed by atoms with E-state index < -0.39 is 0 Å². The summed E-state index contributed by atoms with van der Waals surface area (Å²) in [5, 5.41) is 4.36. The number of aryl methyl sites for hydroxylation is 1. The fourth-order valence-corrected chi connectivity index (χ4v) is 2.24. The lowest BCUT2D eigenvalue weighted by molar-refractivity contribution is 0.407. The first-order chi connectivity index (χ1) is 10.2. The Morgan fingerprint density at radius 3 is 2.62 bits per heavy atom. The number of halogens is 1. The van der Waals surface area contributed by atoms with Crippen molar-refractivity contribution in [3.05, 3.63) is 82.5 Å². The van der Waals surface area contributed by atoms with Crippen LogP contribution in [0.1, 0.15) is 22.6 Å². The van der Waals surface area contributed by atoms with Crippen molar-refractivity contribution in [1.29, 1.82) is 0 Å². The standard InChI is InChI=1S/C17H13ClN2O/c1-12-5-7-13(8-6-12)9-16(17-19-11-20-21-17)14-3-2-4-15(18)10-14/h2-11H,1H3/b16-9+. The van der Waals surface area contributed by atoms with Gasteiger partial charge in [-0.1, -0.05) is 58.7 Å². The molecule has 0 N–H and O–H groups in total. The third-order valence-corrected chi connectivity index (χ3v) is 3.35. The molecule has 1 heterocycles. The molecule has 0 fully saturated rings. The van der Waals surface area contributed by atoms with Crippen molar-refractivity contribution >= 4 is 23.3 Å². The highest BCUT2D eigenvalue weighted by molar-refractivity contribution is 6.30. The van der Waals surface area contributed by atoms with E-state index in [4.69, 9.17) is 16.1 Å². The molecule has 0 aliphatic rings. The van der Waals surface area contributed by atoms with Crippen LogP contribution in [0.4, 0.5) is 0 Å². The van der Waals surface area contributed by atoms with Crippen molar-refractivity contribution in [2.75, 3.05) is 0 Å². The Kier molecular flexibility index (Phi) is 3.84. The molecule has 3 rings (SSSR count). The Morgan fingerprint density at radius 2 is 1.95 bits per heavy atom. The molecule has 0 radical (unpaired) electrons. The predicted octanol–water partition coefficient (Wildman–Crippen LogP) is 4.62. The second-order valence-electron chi connectivity index (χ2n) is 4.73. The summed E-state index contributed by atoms with van der Waals surface area (Å²) >= 11 is 6.08. The molecular formula is C17H13ClN2O. The Balaban J connectivity index is 2.11. The van der Waals surface area contributed by atoms with E-state index in [1.807, 2.05) is 30.3 Å². The fourth-order valence-electron chi connectivity index (χ4n) is 2.05. The van der Waals surface area contributed by atoms with E-state index in [0.717, 1.165) is 16.7 Å². The summed E-state index contributed by atoms with van der Waals surface area (Å²) in [7, 11) is 0. The van der Waals surface area contributed by atoms with E-state index in [2.05, 4.69) is 41.3 Å². The Labute approximate surface area is 127 Å². The van der Waals surface area contributed by atoms with Crippen molar-refractivity contribution in [1.82, 2.24) is 10.1 Å². The maximum Gasteiger partial charge on any atom is 0.258 e. The number of rotatable bonds is 3. The molecule has 0 amide bonds. The average Bonchev–Trinajstić information content (AvgIpc) is 3.00. The van der Waals surface area contributed by atoms with Crippen LogP contribution in [-0.2, 0) is 0 Å². The number of hydrogen-bond acceptors (Lipinski definition) is 3. The Morgan fingerprint density at radius 1 is 1.14 bits per heavy atom. The van der Waals surface area contributed by atoms with Gasteiger partial charge >= 0.3 is 0 Å². The lowest BCUT2D eigenvalue weighted by atomic mass is 10.0. The van der Waals surface area contributed by atoms with Crippen molar-refractivity contribution in [2.45, 2.75) is 6.92 Å². The normalized spacial score (nSPS) is 11.6. The van der Waals surface area contributed by atoms with Crippen molar-refractivity contribution in [3.63, 3.8) is 0 Å². The highest BCUT2D eigenvalue weighted by Gasteiger charge is 2.11. The molecule has 0 aliphatic heterocycles. The molecule has 0 spiro atoms. The lowest BCUT2D eigenvalue weighted by Crippen LogP contribution is -1.89. The molecule has 0 unspecified atom stereocenters. The summed E-state index contributed by atoms with van der Waals surface area (Å²) in [5.41, 5.74) is 4.06. The number of benzene rings is 2. The largest absolute Gasteiger partial charge is 0.334 e. The van der Waals surface area contributed by atoms with Crippen molar-refractivity contribution < 1.29 is 4.52 Å². The van der Waals surface area contributed by atoms with Gasteiger partial charge in [0.25, 0.3) is 5.89 Å². The quantitative estimate of drug-likeness (QED) is 0.662. The Bertz CT molecular complexity index is 762. The second kappa shape index (κ2) is 5.94. The SMILES string of the molecule is Cc1ccc(/C=C(\c2cccc(Cl)c2)c2ncno2)cc1. The van der Waals surface area contributed by atoms with Crippen LogP contribution in [0.3, 0.4) is 0 Å². The van der Waals surface area contributed by atoms with E-state index in [1.165, 1.54) is 11.9 Å². The molecule has 3 aromatic rings. The van der Waals surface area contributed by atoms with Crippen LogP contribution in [0, 0.1) is 6.92 Å². The Hall–Kier alpha value is -2.39. The maximum atomic E-state index is 6.08. The molecular weight excluding hydrogens is 284 g/mol. The monoisotopic (exact) mass is 296 g/mol. The molecule has 3 nitrogen and oxygen atoms in total. The molecule has 0 atom stereocenters. The van der Waals surface area contributed by atoms with Crippen LogP contribution in [0.15, 0.2) is 59.4 Å². The average molecular weight is 297 g/mol. The third kappa shape index (κ3) is 3.20. The highest BCUT2D eigenvalue weighted by atomic mass is 35.5. The summed E-state index contributed by atoms with van der Waals surface area (Å²) in [4.78, 5) is 4.15. The van der Waals surface area contributed by atoms with Crippen LogP contribution in [-0.4, -0.2) is 10.1 Å². The van der Waals surface area contributed by atoms with Gasteiger partial charge < -0.3 is 4.52 Å². The first-order valence-corrected chi connectivity index (χ1v) is 6.91. The van der Waals surface area contributed by atoms with Gasteiger partial charge in [0.15, 0.2) is 6.33 Å². The molecule has 21 heavy (non-hydrogen) atoms. The summed E-state index contributed by atoms with van der Waals surface area (Å²) < 4.78 is 5.21. The number of nitrogens with zero attached hydrogens (tertiary/aromatic N) is 2. The van der Waals surface area contributed by atoms with Crippen LogP contribution in [0.2, 0.25) is 5.02 Å². The third-order valence-electron chi connectivity index (χ3n) is 3.12. The minimum atomic E-state index is 0.470. The smallest absolute Gasteiger partial charge is 0.258 e. The van der Waals surface area contributed by atoms with Crippen LogP contribution in [0.25, 0.3) is 11.6 Å². The number of hydrogen-bond donors (Lipinski definition) is 0. The zero-order valence-electron chi connectivity index (χ0n) is 11.5. The van der Waals surface area contributed by atoms with Crippen LogP contribution < -0.4 is 0 Å². The van der Waals surface area contributed by atoms with E-state index in [1.54, 1.807) is 0 Å². The summed E-state index contributed by atoms with van der Waals surface area (Å²) in [5.74, 6) is 0.470. The molecule has 2 aromatic carbocycles. The van der Waals surface area contributed by atoms with E-state index in [0.29, 0.717) is 10.9 Å². The van der Waals surface area contributed by atoms with Gasteiger partial charge in [0, 0.05) is 10.6 Å². The first-order valence-electron chi connectivity index (χ1n) is 6.54. The van der Waals surface area contributed by atoms with Crippen LogP contribution in [0.5, 0.6) is 0 Å². The lowest BCUT2D eigenvalue weighted by Gasteiger charge is -2.05. The molecule has 0 saturated heterocycles. The zero-order chi connectivity index (χ0) is 14.7. The highest BCUT2D eigenvalue weighted by Crippen LogP contribution is 2.26. The fraction of sp³-hybridized carbons (Fsp3) is 0.0588. The molecule has 0 saturated carbocycles. The van der Waals surface area contributed by atoms with Gasteiger partial charge in [0.1, 0.15) is 0 Å². The van der Waals surface area contributed by atoms with E-state index >= 15 is 0 Å². The predicted molar refractivity (Wildman–Crippen MR) is 83.9 cm³/mol. The summed E-state index contributed by atoms with van der Waals surface area (Å²) in [6.45, 7) is 2.06. The second-order valence-corrected chi connectivity index (χ2v) is 5.16.